The zero-order valence-electron chi connectivity index (χ0n) is 9.14. The Hall–Kier alpha value is -1.55. The minimum absolute atomic E-state index is 0.127. The molecule has 86 valence electrons. The van der Waals surface area contributed by atoms with E-state index in [2.05, 4.69) is 5.32 Å². The third kappa shape index (κ3) is 2.17. The van der Waals surface area contributed by atoms with Crippen LogP contribution < -0.4 is 5.32 Å². The number of carboxylic acid groups (broad SMARTS) is 1. The van der Waals surface area contributed by atoms with Gasteiger partial charge in [0.15, 0.2) is 0 Å². The number of nitrogens with one attached hydrogen (secondary N) is 1. The first-order valence-corrected chi connectivity index (χ1v) is 5.39. The van der Waals surface area contributed by atoms with Crippen molar-refractivity contribution in [2.45, 2.75) is 25.5 Å². The lowest BCUT2D eigenvalue weighted by Crippen LogP contribution is -2.27. The van der Waals surface area contributed by atoms with E-state index < -0.39 is 5.97 Å². The van der Waals surface area contributed by atoms with Gasteiger partial charge in [-0.05, 0) is 25.5 Å². The molecule has 1 aliphatic rings. The Labute approximate surface area is 94.2 Å². The van der Waals surface area contributed by atoms with Crippen LogP contribution in [0.3, 0.4) is 0 Å². The molecule has 0 radical (unpaired) electrons. The van der Waals surface area contributed by atoms with E-state index in [4.69, 9.17) is 9.84 Å². The highest BCUT2D eigenvalue weighted by molar-refractivity contribution is 5.94. The fourth-order valence-electron chi connectivity index (χ4n) is 1.92. The average Bonchev–Trinajstić information content (AvgIpc) is 2.65. The Bertz CT molecular complexity index is 392. The smallest absolute Gasteiger partial charge is 0.337 e. The quantitative estimate of drug-likeness (QED) is 0.819. The molecule has 1 fully saturated rings. The molecule has 1 aromatic rings. The molecule has 0 spiro atoms. The van der Waals surface area contributed by atoms with E-state index >= 15 is 0 Å². The number of carboxylic acids is 1. The highest BCUT2D eigenvalue weighted by Gasteiger charge is 2.25. The molecule has 2 rings (SSSR count). The van der Waals surface area contributed by atoms with Crippen molar-refractivity contribution in [1.82, 2.24) is 0 Å². The summed E-state index contributed by atoms with van der Waals surface area (Å²) in [4.78, 5) is 11.0. The van der Waals surface area contributed by atoms with Crippen LogP contribution in [-0.2, 0) is 4.74 Å². The van der Waals surface area contributed by atoms with E-state index in [9.17, 15) is 4.79 Å². The van der Waals surface area contributed by atoms with Gasteiger partial charge in [0.2, 0.25) is 0 Å². The summed E-state index contributed by atoms with van der Waals surface area (Å²) in [6.45, 7) is 2.72. The molecule has 1 aromatic carbocycles. The number of aromatic carboxylic acids is 1. The van der Waals surface area contributed by atoms with Crippen LogP contribution >= 0.6 is 0 Å². The van der Waals surface area contributed by atoms with Gasteiger partial charge in [-0.2, -0.15) is 0 Å². The molecule has 0 saturated carbocycles. The topological polar surface area (TPSA) is 58.6 Å². The molecule has 1 heterocycles. The monoisotopic (exact) mass is 221 g/mol. The van der Waals surface area contributed by atoms with Crippen molar-refractivity contribution in [2.24, 2.45) is 0 Å². The number of hydrogen-bond acceptors (Lipinski definition) is 3. The van der Waals surface area contributed by atoms with Gasteiger partial charge in [0.1, 0.15) is 0 Å². The molecule has 4 nitrogen and oxygen atoms in total. The third-order valence-corrected chi connectivity index (χ3v) is 2.87. The van der Waals surface area contributed by atoms with E-state index in [1.165, 1.54) is 0 Å². The van der Waals surface area contributed by atoms with Gasteiger partial charge in [-0.1, -0.05) is 12.1 Å². The van der Waals surface area contributed by atoms with Crippen LogP contribution in [0.15, 0.2) is 24.3 Å². The number of carbonyl (C=O) groups is 1. The van der Waals surface area contributed by atoms with Gasteiger partial charge in [-0.15, -0.1) is 0 Å². The molecule has 0 aromatic heterocycles. The number of anilines is 1. The number of ether oxygens (including phenoxy) is 1. The van der Waals surface area contributed by atoms with Gasteiger partial charge in [0.05, 0.1) is 17.7 Å². The van der Waals surface area contributed by atoms with Crippen molar-refractivity contribution in [3.05, 3.63) is 29.8 Å². The first-order chi connectivity index (χ1) is 7.68. The van der Waals surface area contributed by atoms with Crippen molar-refractivity contribution in [3.63, 3.8) is 0 Å². The highest BCUT2D eigenvalue weighted by Crippen LogP contribution is 2.21. The molecule has 0 bridgehead atoms. The predicted molar refractivity (Wildman–Crippen MR) is 60.8 cm³/mol. The highest BCUT2D eigenvalue weighted by atomic mass is 16.5. The molecule has 2 unspecified atom stereocenters. The van der Waals surface area contributed by atoms with Crippen molar-refractivity contribution < 1.29 is 14.6 Å². The van der Waals surface area contributed by atoms with E-state index in [0.717, 1.165) is 13.0 Å². The normalized spacial score (nSPS) is 24.3. The van der Waals surface area contributed by atoms with Gasteiger partial charge in [-0.3, -0.25) is 0 Å². The Morgan fingerprint density at radius 2 is 2.25 bits per heavy atom. The maximum Gasteiger partial charge on any atom is 0.337 e. The number of para-hydroxylation sites is 1. The zero-order chi connectivity index (χ0) is 11.5. The van der Waals surface area contributed by atoms with Crippen LogP contribution in [0.5, 0.6) is 0 Å². The van der Waals surface area contributed by atoms with Crippen LogP contribution in [0.4, 0.5) is 5.69 Å². The minimum Gasteiger partial charge on any atom is -0.478 e. The second-order valence-corrected chi connectivity index (χ2v) is 3.97. The molecule has 0 aliphatic carbocycles. The lowest BCUT2D eigenvalue weighted by molar-refractivity contribution is 0.0697. The maximum absolute atomic E-state index is 11.0. The average molecular weight is 221 g/mol. The molecule has 1 aliphatic heterocycles. The minimum atomic E-state index is -0.908. The fourth-order valence-corrected chi connectivity index (χ4v) is 1.92. The van der Waals surface area contributed by atoms with Crippen LogP contribution in [0.2, 0.25) is 0 Å². The lowest BCUT2D eigenvalue weighted by Gasteiger charge is -2.18. The lowest BCUT2D eigenvalue weighted by atomic mass is 10.1. The summed E-state index contributed by atoms with van der Waals surface area (Å²) < 4.78 is 5.43. The Balaban J connectivity index is 2.17. The van der Waals surface area contributed by atoms with Crippen molar-refractivity contribution in [2.75, 3.05) is 11.9 Å². The van der Waals surface area contributed by atoms with Crippen LogP contribution in [0.25, 0.3) is 0 Å². The predicted octanol–water partition coefficient (Wildman–Crippen LogP) is 1.97. The van der Waals surface area contributed by atoms with Crippen LogP contribution in [0, 0.1) is 0 Å². The zero-order valence-corrected chi connectivity index (χ0v) is 9.14. The fraction of sp³-hybridized carbons (Fsp3) is 0.417. The van der Waals surface area contributed by atoms with Gasteiger partial charge in [-0.25, -0.2) is 4.79 Å². The van der Waals surface area contributed by atoms with Crippen LogP contribution in [0.1, 0.15) is 23.7 Å². The number of rotatable bonds is 3. The van der Waals surface area contributed by atoms with Crippen molar-refractivity contribution in [3.8, 4) is 0 Å². The molecule has 0 amide bonds. The maximum atomic E-state index is 11.0. The second-order valence-electron chi connectivity index (χ2n) is 3.97. The van der Waals surface area contributed by atoms with E-state index in [1.807, 2.05) is 13.0 Å². The Kier molecular flexibility index (Phi) is 3.10. The number of benzene rings is 1. The van der Waals surface area contributed by atoms with E-state index in [1.54, 1.807) is 18.2 Å². The third-order valence-electron chi connectivity index (χ3n) is 2.87. The summed E-state index contributed by atoms with van der Waals surface area (Å²) in [7, 11) is 0. The molecule has 2 atom stereocenters. The molecule has 16 heavy (non-hydrogen) atoms. The summed E-state index contributed by atoms with van der Waals surface area (Å²) in [6, 6.07) is 7.14. The number of hydrogen-bond donors (Lipinski definition) is 2. The van der Waals surface area contributed by atoms with Crippen LogP contribution in [-0.4, -0.2) is 29.8 Å². The summed E-state index contributed by atoms with van der Waals surface area (Å²) >= 11 is 0. The van der Waals surface area contributed by atoms with Gasteiger partial charge in [0, 0.05) is 12.3 Å². The first-order valence-electron chi connectivity index (χ1n) is 5.39. The summed E-state index contributed by atoms with van der Waals surface area (Å²) in [5.41, 5.74) is 0.971. The van der Waals surface area contributed by atoms with Gasteiger partial charge >= 0.3 is 5.97 Å². The summed E-state index contributed by atoms with van der Waals surface area (Å²) in [6.07, 6.45) is 1.04. The first kappa shape index (κ1) is 11.0. The van der Waals surface area contributed by atoms with Gasteiger partial charge in [0.25, 0.3) is 0 Å². The summed E-state index contributed by atoms with van der Waals surface area (Å²) in [5.74, 6) is -0.908. The van der Waals surface area contributed by atoms with E-state index in [-0.39, 0.29) is 12.1 Å². The molecular formula is C12H15NO3. The van der Waals surface area contributed by atoms with Crippen molar-refractivity contribution >= 4 is 11.7 Å². The molecular weight excluding hydrogens is 206 g/mol. The van der Waals surface area contributed by atoms with Gasteiger partial charge < -0.3 is 15.2 Å². The molecule has 4 heteroatoms. The SMILES string of the molecule is CC1OCCC1Nc1ccccc1C(=O)O. The van der Waals surface area contributed by atoms with Crippen molar-refractivity contribution in [1.29, 1.82) is 0 Å². The second kappa shape index (κ2) is 4.53. The standard InChI is InChI=1S/C12H15NO3/c1-8-10(6-7-16-8)13-11-5-3-2-4-9(11)12(14)15/h2-5,8,10,13H,6-7H2,1H3,(H,14,15). The largest absolute Gasteiger partial charge is 0.478 e. The molecule has 1 saturated heterocycles. The summed E-state index contributed by atoms with van der Waals surface area (Å²) in [5, 5.41) is 12.3. The van der Waals surface area contributed by atoms with E-state index in [0.29, 0.717) is 11.3 Å². The Morgan fingerprint density at radius 1 is 1.50 bits per heavy atom. The molecule has 2 N–H and O–H groups in total. The Morgan fingerprint density at radius 3 is 2.88 bits per heavy atom.